The van der Waals surface area contributed by atoms with Crippen LogP contribution in [0.3, 0.4) is 0 Å². The van der Waals surface area contributed by atoms with Crippen LogP contribution in [-0.4, -0.2) is 39.7 Å². The first kappa shape index (κ1) is 13.1. The smallest absolute Gasteiger partial charge is 0.272 e. The topological polar surface area (TPSA) is 64.2 Å². The second kappa shape index (κ2) is 5.52. The van der Waals surface area contributed by atoms with Gasteiger partial charge in [0.25, 0.3) is 5.91 Å². The number of rotatable bonds is 3. The van der Waals surface area contributed by atoms with Crippen molar-refractivity contribution in [2.45, 2.75) is 45.7 Å². The Morgan fingerprint density at radius 1 is 1.56 bits per heavy atom. The molecule has 1 fully saturated rings. The molecule has 1 aromatic heterocycles. The molecule has 0 aromatic carbocycles. The van der Waals surface area contributed by atoms with Crippen LogP contribution in [-0.2, 0) is 6.54 Å². The SMILES string of the molecule is CCn1nc(C)cc1C(=O)N1CCCCC1CN. The molecule has 0 saturated carbocycles. The molecule has 0 aliphatic carbocycles. The molecule has 0 spiro atoms. The highest BCUT2D eigenvalue weighted by Gasteiger charge is 2.28. The quantitative estimate of drug-likeness (QED) is 0.875. The monoisotopic (exact) mass is 250 g/mol. The summed E-state index contributed by atoms with van der Waals surface area (Å²) in [7, 11) is 0. The minimum absolute atomic E-state index is 0.0765. The van der Waals surface area contributed by atoms with Gasteiger partial charge in [-0.3, -0.25) is 9.48 Å². The number of hydrogen-bond acceptors (Lipinski definition) is 3. The van der Waals surface area contributed by atoms with Crippen molar-refractivity contribution in [1.82, 2.24) is 14.7 Å². The Kier molecular flexibility index (Phi) is 4.01. The summed E-state index contributed by atoms with van der Waals surface area (Å²) < 4.78 is 1.78. The molecule has 100 valence electrons. The third kappa shape index (κ3) is 2.41. The van der Waals surface area contributed by atoms with E-state index in [1.165, 1.54) is 0 Å². The summed E-state index contributed by atoms with van der Waals surface area (Å²) in [5, 5.41) is 4.33. The third-order valence-corrected chi connectivity index (χ3v) is 3.58. The fourth-order valence-corrected chi connectivity index (χ4v) is 2.62. The summed E-state index contributed by atoms with van der Waals surface area (Å²) >= 11 is 0. The van der Waals surface area contributed by atoms with Crippen LogP contribution in [0.15, 0.2) is 6.07 Å². The highest BCUT2D eigenvalue weighted by atomic mass is 16.2. The van der Waals surface area contributed by atoms with Crippen molar-refractivity contribution < 1.29 is 4.79 Å². The molecule has 1 aliphatic heterocycles. The Morgan fingerprint density at radius 2 is 2.33 bits per heavy atom. The number of amides is 1. The first-order valence-corrected chi connectivity index (χ1v) is 6.72. The largest absolute Gasteiger partial charge is 0.333 e. The van der Waals surface area contributed by atoms with Gasteiger partial charge in [0.2, 0.25) is 0 Å². The molecule has 5 nitrogen and oxygen atoms in total. The number of nitrogens with two attached hydrogens (primary N) is 1. The van der Waals surface area contributed by atoms with Crippen LogP contribution >= 0.6 is 0 Å². The van der Waals surface area contributed by atoms with E-state index in [9.17, 15) is 4.79 Å². The van der Waals surface area contributed by atoms with Crippen LogP contribution in [0.1, 0.15) is 42.4 Å². The molecule has 1 amide bonds. The molecular formula is C13H22N4O. The molecule has 18 heavy (non-hydrogen) atoms. The lowest BCUT2D eigenvalue weighted by Crippen LogP contribution is -2.47. The maximum atomic E-state index is 12.6. The van der Waals surface area contributed by atoms with E-state index in [-0.39, 0.29) is 11.9 Å². The Morgan fingerprint density at radius 3 is 3.00 bits per heavy atom. The summed E-state index contributed by atoms with van der Waals surface area (Å²) in [4.78, 5) is 14.5. The van der Waals surface area contributed by atoms with Gasteiger partial charge >= 0.3 is 0 Å². The fraction of sp³-hybridized carbons (Fsp3) is 0.692. The van der Waals surface area contributed by atoms with Gasteiger partial charge < -0.3 is 10.6 Å². The number of aromatic nitrogens is 2. The normalized spacial score (nSPS) is 20.2. The lowest BCUT2D eigenvalue weighted by Gasteiger charge is -2.35. The highest BCUT2D eigenvalue weighted by Crippen LogP contribution is 2.19. The first-order chi connectivity index (χ1) is 8.67. The van der Waals surface area contributed by atoms with Gasteiger partial charge in [0.15, 0.2) is 0 Å². The minimum atomic E-state index is 0.0765. The van der Waals surface area contributed by atoms with Crippen LogP contribution in [0.4, 0.5) is 0 Å². The lowest BCUT2D eigenvalue weighted by molar-refractivity contribution is 0.0610. The van der Waals surface area contributed by atoms with E-state index in [2.05, 4.69) is 5.10 Å². The van der Waals surface area contributed by atoms with E-state index in [4.69, 9.17) is 5.73 Å². The number of aryl methyl sites for hydroxylation is 2. The molecular weight excluding hydrogens is 228 g/mol. The number of likely N-dealkylation sites (tertiary alicyclic amines) is 1. The Labute approximate surface area is 108 Å². The van der Waals surface area contributed by atoms with Crippen LogP contribution < -0.4 is 5.73 Å². The van der Waals surface area contributed by atoms with Gasteiger partial charge in [0.1, 0.15) is 5.69 Å². The summed E-state index contributed by atoms with van der Waals surface area (Å²) in [5.41, 5.74) is 7.35. The van der Waals surface area contributed by atoms with Crippen molar-refractivity contribution in [1.29, 1.82) is 0 Å². The fourth-order valence-electron chi connectivity index (χ4n) is 2.62. The molecule has 1 aromatic rings. The summed E-state index contributed by atoms with van der Waals surface area (Å²) in [6.07, 6.45) is 3.25. The number of hydrogen-bond donors (Lipinski definition) is 1. The van der Waals surface area contributed by atoms with Crippen LogP contribution in [0.25, 0.3) is 0 Å². The van der Waals surface area contributed by atoms with Gasteiger partial charge in [-0.2, -0.15) is 5.10 Å². The number of carbonyl (C=O) groups excluding carboxylic acids is 1. The van der Waals surface area contributed by atoms with Crippen LogP contribution in [0, 0.1) is 6.92 Å². The van der Waals surface area contributed by atoms with Gasteiger partial charge in [-0.05, 0) is 39.2 Å². The van der Waals surface area contributed by atoms with E-state index in [1.54, 1.807) is 4.68 Å². The Hall–Kier alpha value is -1.36. The predicted molar refractivity (Wildman–Crippen MR) is 70.4 cm³/mol. The van der Waals surface area contributed by atoms with Crippen molar-refractivity contribution in [3.05, 3.63) is 17.5 Å². The van der Waals surface area contributed by atoms with E-state index in [1.807, 2.05) is 24.8 Å². The van der Waals surface area contributed by atoms with Crippen LogP contribution in [0.5, 0.6) is 0 Å². The third-order valence-electron chi connectivity index (χ3n) is 3.58. The number of nitrogens with zero attached hydrogens (tertiary/aromatic N) is 3. The van der Waals surface area contributed by atoms with Crippen molar-refractivity contribution in [3.8, 4) is 0 Å². The zero-order valence-corrected chi connectivity index (χ0v) is 11.2. The van der Waals surface area contributed by atoms with Gasteiger partial charge in [-0.1, -0.05) is 0 Å². The molecule has 0 bridgehead atoms. The molecule has 1 aliphatic rings. The lowest BCUT2D eigenvalue weighted by atomic mass is 10.0. The number of carbonyl (C=O) groups is 1. The van der Waals surface area contributed by atoms with Crippen molar-refractivity contribution >= 4 is 5.91 Å². The second-order valence-corrected chi connectivity index (χ2v) is 4.87. The summed E-state index contributed by atoms with van der Waals surface area (Å²) in [6, 6.07) is 2.06. The maximum Gasteiger partial charge on any atom is 0.272 e. The van der Waals surface area contributed by atoms with Crippen molar-refractivity contribution in [2.75, 3.05) is 13.1 Å². The minimum Gasteiger partial charge on any atom is -0.333 e. The summed E-state index contributed by atoms with van der Waals surface area (Å²) in [6.45, 7) is 6.00. The van der Waals surface area contributed by atoms with Crippen molar-refractivity contribution in [3.63, 3.8) is 0 Å². The van der Waals surface area contributed by atoms with Gasteiger partial charge in [-0.15, -0.1) is 0 Å². The molecule has 2 N–H and O–H groups in total. The zero-order valence-electron chi connectivity index (χ0n) is 11.2. The van der Waals surface area contributed by atoms with E-state index < -0.39 is 0 Å². The standard InChI is InChI=1S/C13H22N4O/c1-3-17-12(8-10(2)15-17)13(18)16-7-5-4-6-11(16)9-14/h8,11H,3-7,9,14H2,1-2H3. The number of piperidine rings is 1. The first-order valence-electron chi connectivity index (χ1n) is 6.72. The Bertz CT molecular complexity index is 427. The molecule has 5 heteroatoms. The maximum absolute atomic E-state index is 12.6. The van der Waals surface area contributed by atoms with E-state index in [0.717, 1.165) is 38.0 Å². The van der Waals surface area contributed by atoms with Crippen LogP contribution in [0.2, 0.25) is 0 Å². The van der Waals surface area contributed by atoms with E-state index >= 15 is 0 Å². The average molecular weight is 250 g/mol. The Balaban J connectivity index is 2.23. The van der Waals surface area contributed by atoms with E-state index in [0.29, 0.717) is 12.2 Å². The predicted octanol–water partition coefficient (Wildman–Crippen LogP) is 1.16. The molecule has 1 unspecified atom stereocenters. The second-order valence-electron chi connectivity index (χ2n) is 4.87. The van der Waals surface area contributed by atoms with Gasteiger partial charge in [0.05, 0.1) is 5.69 Å². The van der Waals surface area contributed by atoms with Crippen molar-refractivity contribution in [2.24, 2.45) is 5.73 Å². The molecule has 1 saturated heterocycles. The van der Waals surface area contributed by atoms with Gasteiger partial charge in [0, 0.05) is 25.7 Å². The summed E-state index contributed by atoms with van der Waals surface area (Å²) in [5.74, 6) is 0.0765. The highest BCUT2D eigenvalue weighted by molar-refractivity contribution is 5.93. The molecule has 2 rings (SSSR count). The molecule has 1 atom stereocenters. The molecule has 0 radical (unpaired) electrons. The zero-order chi connectivity index (χ0) is 13.1. The average Bonchev–Trinajstić information content (AvgIpc) is 2.79. The van der Waals surface area contributed by atoms with Gasteiger partial charge in [-0.25, -0.2) is 0 Å². The molecule has 2 heterocycles.